The summed E-state index contributed by atoms with van der Waals surface area (Å²) in [6.45, 7) is 3.53. The van der Waals surface area contributed by atoms with Gasteiger partial charge in [-0.15, -0.1) is 0 Å². The summed E-state index contributed by atoms with van der Waals surface area (Å²) in [7, 11) is 0. The quantitative estimate of drug-likeness (QED) is 0.780. The number of hydrogen-bond acceptors (Lipinski definition) is 4. The lowest BCUT2D eigenvalue weighted by atomic mass is 10.2. The molecular formula is C13H17NO5. The van der Waals surface area contributed by atoms with Crippen LogP contribution >= 0.6 is 0 Å². The Kier molecular flexibility index (Phi) is 5.81. The molecule has 1 aromatic carbocycles. The fourth-order valence-electron chi connectivity index (χ4n) is 1.45. The molecule has 1 amide bonds. The summed E-state index contributed by atoms with van der Waals surface area (Å²) in [4.78, 5) is 21.7. The van der Waals surface area contributed by atoms with Crippen molar-refractivity contribution in [3.8, 4) is 5.75 Å². The van der Waals surface area contributed by atoms with Crippen molar-refractivity contribution in [2.75, 3.05) is 25.1 Å². The number of aryl methyl sites for hydroxylation is 1. The number of carbonyl (C=O) groups excluding carboxylic acids is 1. The van der Waals surface area contributed by atoms with Crippen LogP contribution in [0.5, 0.6) is 5.75 Å². The van der Waals surface area contributed by atoms with Crippen LogP contribution in [0.4, 0.5) is 5.69 Å². The van der Waals surface area contributed by atoms with Gasteiger partial charge in [-0.05, 0) is 37.6 Å². The standard InChI is InChI=1S/C13H17NO5/c1-3-19-10-4-5-11(9(2)6-10)14-12(15)7-18-8-13(16)17/h4-6H,3,7-8H2,1-2H3,(H,14,15)(H,16,17). The molecule has 6 heteroatoms. The maximum atomic E-state index is 11.5. The number of amides is 1. The van der Waals surface area contributed by atoms with Gasteiger partial charge in [0.1, 0.15) is 19.0 Å². The van der Waals surface area contributed by atoms with Crippen molar-refractivity contribution < 1.29 is 24.2 Å². The van der Waals surface area contributed by atoms with E-state index in [4.69, 9.17) is 14.6 Å². The molecule has 0 aliphatic heterocycles. The number of carbonyl (C=O) groups is 2. The van der Waals surface area contributed by atoms with Gasteiger partial charge < -0.3 is 19.9 Å². The summed E-state index contributed by atoms with van der Waals surface area (Å²) in [5.74, 6) is -0.765. The third-order valence-electron chi connectivity index (χ3n) is 2.24. The zero-order valence-corrected chi connectivity index (χ0v) is 10.9. The number of aliphatic carboxylic acids is 1. The van der Waals surface area contributed by atoms with Gasteiger partial charge in [-0.25, -0.2) is 4.79 Å². The topological polar surface area (TPSA) is 84.9 Å². The third-order valence-corrected chi connectivity index (χ3v) is 2.24. The highest BCUT2D eigenvalue weighted by Crippen LogP contribution is 2.21. The molecule has 0 atom stereocenters. The van der Waals surface area contributed by atoms with Crippen molar-refractivity contribution in [3.63, 3.8) is 0 Å². The molecule has 0 unspecified atom stereocenters. The molecule has 19 heavy (non-hydrogen) atoms. The summed E-state index contributed by atoms with van der Waals surface area (Å²) in [5, 5.41) is 11.0. The molecule has 0 spiro atoms. The highest BCUT2D eigenvalue weighted by Gasteiger charge is 2.07. The van der Waals surface area contributed by atoms with Gasteiger partial charge in [-0.2, -0.15) is 0 Å². The Hall–Kier alpha value is -2.08. The van der Waals surface area contributed by atoms with Gasteiger partial charge in [0.25, 0.3) is 0 Å². The molecule has 1 rings (SSSR count). The summed E-state index contributed by atoms with van der Waals surface area (Å²) in [6, 6.07) is 5.30. The highest BCUT2D eigenvalue weighted by atomic mass is 16.5. The van der Waals surface area contributed by atoms with Crippen LogP contribution in [0.25, 0.3) is 0 Å². The minimum atomic E-state index is -1.11. The second-order valence-electron chi connectivity index (χ2n) is 3.84. The van der Waals surface area contributed by atoms with Gasteiger partial charge in [-0.1, -0.05) is 0 Å². The molecule has 0 saturated carbocycles. The van der Waals surface area contributed by atoms with Crippen LogP contribution in [0.1, 0.15) is 12.5 Å². The van der Waals surface area contributed by atoms with Crippen LogP contribution < -0.4 is 10.1 Å². The Morgan fingerprint density at radius 1 is 1.32 bits per heavy atom. The van der Waals surface area contributed by atoms with Gasteiger partial charge in [0.15, 0.2) is 0 Å². The molecule has 1 aromatic rings. The average Bonchev–Trinajstić information content (AvgIpc) is 2.32. The van der Waals surface area contributed by atoms with Crippen LogP contribution in [-0.2, 0) is 14.3 Å². The Morgan fingerprint density at radius 3 is 2.63 bits per heavy atom. The van der Waals surface area contributed by atoms with E-state index in [0.29, 0.717) is 12.3 Å². The SMILES string of the molecule is CCOc1ccc(NC(=O)COCC(=O)O)c(C)c1. The van der Waals surface area contributed by atoms with Crippen molar-refractivity contribution >= 4 is 17.6 Å². The molecule has 104 valence electrons. The fraction of sp³-hybridized carbons (Fsp3) is 0.385. The van der Waals surface area contributed by atoms with Crippen LogP contribution in [0, 0.1) is 6.92 Å². The van der Waals surface area contributed by atoms with E-state index in [-0.39, 0.29) is 6.61 Å². The third kappa shape index (κ3) is 5.39. The summed E-state index contributed by atoms with van der Waals surface area (Å²) >= 11 is 0. The number of benzene rings is 1. The lowest BCUT2D eigenvalue weighted by Crippen LogP contribution is -2.21. The molecule has 0 aromatic heterocycles. The Labute approximate surface area is 111 Å². The lowest BCUT2D eigenvalue weighted by Gasteiger charge is -2.10. The van der Waals surface area contributed by atoms with Gasteiger partial charge in [0.2, 0.25) is 5.91 Å². The van der Waals surface area contributed by atoms with Crippen LogP contribution in [0.15, 0.2) is 18.2 Å². The molecule has 0 saturated heterocycles. The number of anilines is 1. The van der Waals surface area contributed by atoms with E-state index in [1.165, 1.54) is 0 Å². The maximum absolute atomic E-state index is 11.5. The number of carboxylic acids is 1. The van der Waals surface area contributed by atoms with E-state index < -0.39 is 18.5 Å². The van der Waals surface area contributed by atoms with Gasteiger partial charge >= 0.3 is 5.97 Å². The molecule has 0 aliphatic rings. The van der Waals surface area contributed by atoms with E-state index in [1.54, 1.807) is 12.1 Å². The second-order valence-corrected chi connectivity index (χ2v) is 3.84. The first-order valence-electron chi connectivity index (χ1n) is 5.85. The average molecular weight is 267 g/mol. The lowest BCUT2D eigenvalue weighted by molar-refractivity contribution is -0.143. The predicted molar refractivity (Wildman–Crippen MR) is 69.4 cm³/mol. The predicted octanol–water partition coefficient (Wildman–Crippen LogP) is 1.43. The highest BCUT2D eigenvalue weighted by molar-refractivity contribution is 5.92. The van der Waals surface area contributed by atoms with Crippen molar-refractivity contribution in [1.82, 2.24) is 0 Å². The van der Waals surface area contributed by atoms with Gasteiger partial charge in [0, 0.05) is 5.69 Å². The first kappa shape index (κ1) is 15.0. The van der Waals surface area contributed by atoms with E-state index in [2.05, 4.69) is 5.32 Å². The second kappa shape index (κ2) is 7.38. The van der Waals surface area contributed by atoms with Crippen molar-refractivity contribution in [3.05, 3.63) is 23.8 Å². The van der Waals surface area contributed by atoms with E-state index in [1.807, 2.05) is 19.9 Å². The van der Waals surface area contributed by atoms with Crippen LogP contribution in [0.3, 0.4) is 0 Å². The van der Waals surface area contributed by atoms with Crippen LogP contribution in [-0.4, -0.2) is 36.8 Å². The molecule has 0 fully saturated rings. The molecular weight excluding hydrogens is 250 g/mol. The molecule has 0 radical (unpaired) electrons. The fourth-order valence-corrected chi connectivity index (χ4v) is 1.45. The normalized spacial score (nSPS) is 10.0. The monoisotopic (exact) mass is 267 g/mol. The smallest absolute Gasteiger partial charge is 0.329 e. The Bertz CT molecular complexity index is 458. The summed E-state index contributed by atoms with van der Waals surface area (Å²) in [6.07, 6.45) is 0. The number of rotatable bonds is 7. The minimum Gasteiger partial charge on any atom is -0.494 e. The number of nitrogens with one attached hydrogen (secondary N) is 1. The molecule has 0 heterocycles. The van der Waals surface area contributed by atoms with Crippen LogP contribution in [0.2, 0.25) is 0 Å². The first-order valence-corrected chi connectivity index (χ1v) is 5.85. The van der Waals surface area contributed by atoms with E-state index in [0.717, 1.165) is 11.3 Å². The van der Waals surface area contributed by atoms with E-state index >= 15 is 0 Å². The largest absolute Gasteiger partial charge is 0.494 e. The number of ether oxygens (including phenoxy) is 2. The van der Waals surface area contributed by atoms with Crippen molar-refractivity contribution in [2.24, 2.45) is 0 Å². The zero-order chi connectivity index (χ0) is 14.3. The Balaban J connectivity index is 2.52. The molecule has 6 nitrogen and oxygen atoms in total. The summed E-state index contributed by atoms with van der Waals surface area (Å²) in [5.41, 5.74) is 1.50. The first-order chi connectivity index (χ1) is 9.02. The van der Waals surface area contributed by atoms with Crippen molar-refractivity contribution in [2.45, 2.75) is 13.8 Å². The summed E-state index contributed by atoms with van der Waals surface area (Å²) < 4.78 is 10.0. The number of hydrogen-bond donors (Lipinski definition) is 2. The maximum Gasteiger partial charge on any atom is 0.329 e. The molecule has 2 N–H and O–H groups in total. The molecule has 0 aliphatic carbocycles. The van der Waals surface area contributed by atoms with Gasteiger partial charge in [-0.3, -0.25) is 4.79 Å². The Morgan fingerprint density at radius 2 is 2.05 bits per heavy atom. The zero-order valence-electron chi connectivity index (χ0n) is 10.9. The number of carboxylic acid groups (broad SMARTS) is 1. The van der Waals surface area contributed by atoms with E-state index in [9.17, 15) is 9.59 Å². The molecule has 0 bridgehead atoms. The van der Waals surface area contributed by atoms with Crippen molar-refractivity contribution in [1.29, 1.82) is 0 Å². The minimum absolute atomic E-state index is 0.293. The van der Waals surface area contributed by atoms with Gasteiger partial charge in [0.05, 0.1) is 6.61 Å².